The quantitative estimate of drug-likeness (QED) is 0.0204. The second-order valence-electron chi connectivity index (χ2n) is 25.7. The molecule has 0 radical (unpaired) electrons. The van der Waals surface area contributed by atoms with E-state index in [0.717, 1.165) is 96.3 Å². The molecule has 89 heavy (non-hydrogen) atoms. The van der Waals surface area contributed by atoms with Gasteiger partial charge >= 0.3 is 0 Å². The number of carbonyl (C=O) groups is 1. The molecule has 518 valence electrons. The molecule has 2 rings (SSSR count). The summed E-state index contributed by atoms with van der Waals surface area (Å²) in [6.07, 6.45) is 63.4. The molecule has 2 heterocycles. The molecule has 12 unspecified atom stereocenters. The highest BCUT2D eigenvalue weighted by Gasteiger charge is 2.51. The highest BCUT2D eigenvalue weighted by molar-refractivity contribution is 5.76. The van der Waals surface area contributed by atoms with Crippen LogP contribution in [0.5, 0.6) is 0 Å². The van der Waals surface area contributed by atoms with Gasteiger partial charge in [-0.1, -0.05) is 305 Å². The minimum absolute atomic E-state index is 0.207. The van der Waals surface area contributed by atoms with Crippen LogP contribution in [-0.2, 0) is 23.7 Å². The Morgan fingerprint density at radius 1 is 0.416 bits per heavy atom. The first-order valence-corrected chi connectivity index (χ1v) is 36.7. The van der Waals surface area contributed by atoms with Crippen LogP contribution in [0.1, 0.15) is 303 Å². The van der Waals surface area contributed by atoms with Gasteiger partial charge in [-0.2, -0.15) is 0 Å². The largest absolute Gasteiger partial charge is 0.394 e. The maximum atomic E-state index is 13.4. The number of amides is 1. The smallest absolute Gasteiger partial charge is 0.220 e. The second-order valence-corrected chi connectivity index (χ2v) is 25.7. The van der Waals surface area contributed by atoms with E-state index in [2.05, 4.69) is 92.1 Å². The van der Waals surface area contributed by atoms with Crippen LogP contribution in [0.4, 0.5) is 0 Å². The van der Waals surface area contributed by atoms with Crippen molar-refractivity contribution in [2.24, 2.45) is 0 Å². The monoisotopic (exact) mass is 1260 g/mol. The van der Waals surface area contributed by atoms with Gasteiger partial charge in [0, 0.05) is 6.42 Å². The van der Waals surface area contributed by atoms with Gasteiger partial charge in [-0.15, -0.1) is 0 Å². The Morgan fingerprint density at radius 3 is 1.19 bits per heavy atom. The Hall–Kier alpha value is -2.57. The molecule has 2 fully saturated rings. The lowest BCUT2D eigenvalue weighted by Crippen LogP contribution is -2.65. The van der Waals surface area contributed by atoms with E-state index in [1.165, 1.54) is 180 Å². The van der Waals surface area contributed by atoms with Crippen molar-refractivity contribution in [3.05, 3.63) is 72.9 Å². The van der Waals surface area contributed by atoms with Crippen LogP contribution >= 0.6 is 0 Å². The Bertz CT molecular complexity index is 1770. The summed E-state index contributed by atoms with van der Waals surface area (Å²) in [5.74, 6) is -0.207. The molecule has 0 bridgehead atoms. The number of unbranched alkanes of at least 4 members (excludes halogenated alkanes) is 35. The number of nitrogens with one attached hydrogen (secondary N) is 1. The summed E-state index contributed by atoms with van der Waals surface area (Å²) in [6.45, 7) is 2.78. The third kappa shape index (κ3) is 43.1. The van der Waals surface area contributed by atoms with Crippen LogP contribution in [0.25, 0.3) is 0 Å². The summed E-state index contributed by atoms with van der Waals surface area (Å²) in [4.78, 5) is 13.4. The van der Waals surface area contributed by atoms with E-state index in [4.69, 9.17) is 18.9 Å². The standard InChI is InChI=1S/C75H135NO13/c1-3-5-7-9-11-13-15-17-19-21-23-25-27-29-30-31-32-33-34-35-37-39-41-43-45-47-49-51-53-55-57-59-67(80)76-63(62-86-74-72(85)70(83)73(66(61-78)88-74)89-75-71(84)69(82)68(81)65(60-77)87-75)64(79)58-56-54-52-50-48-46-44-42-40-38-36-28-26-24-22-20-18-16-14-12-10-8-6-4-2/h5,7,11,13,17,19,23,25,29-30,32-33,63-66,68-75,77-79,81-85H,3-4,6,8-10,12,14-16,18,20-22,24,26-28,31,34-62H2,1-2H3,(H,76,80)/b7-5-,13-11-,19-17-,25-23-,30-29-,33-32-. The van der Waals surface area contributed by atoms with E-state index in [9.17, 15) is 45.6 Å². The van der Waals surface area contributed by atoms with Crippen LogP contribution < -0.4 is 5.32 Å². The molecule has 1 amide bonds. The predicted molar refractivity (Wildman–Crippen MR) is 364 cm³/mol. The molecule has 14 nitrogen and oxygen atoms in total. The molecule has 0 aromatic heterocycles. The van der Waals surface area contributed by atoms with Gasteiger partial charge in [-0.25, -0.2) is 0 Å². The number of hydrogen-bond donors (Lipinski definition) is 9. The number of carbonyl (C=O) groups excluding carboxylic acids is 1. The molecule has 14 heteroatoms. The summed E-state index contributed by atoms with van der Waals surface area (Å²) < 4.78 is 22.9. The van der Waals surface area contributed by atoms with Gasteiger partial charge in [-0.3, -0.25) is 4.79 Å². The highest BCUT2D eigenvalue weighted by Crippen LogP contribution is 2.30. The van der Waals surface area contributed by atoms with Crippen molar-refractivity contribution in [2.45, 2.75) is 376 Å². The van der Waals surface area contributed by atoms with Crippen molar-refractivity contribution in [3.8, 4) is 0 Å². The van der Waals surface area contributed by atoms with Crippen molar-refractivity contribution in [1.82, 2.24) is 5.32 Å². The number of aliphatic hydroxyl groups excluding tert-OH is 8. The van der Waals surface area contributed by atoms with Crippen molar-refractivity contribution in [1.29, 1.82) is 0 Å². The average Bonchev–Trinajstić information content (AvgIpc) is 2.53. The zero-order chi connectivity index (χ0) is 64.5. The van der Waals surface area contributed by atoms with E-state index in [1.54, 1.807) is 0 Å². The molecule has 0 aliphatic carbocycles. The minimum Gasteiger partial charge on any atom is -0.394 e. The van der Waals surface area contributed by atoms with Crippen molar-refractivity contribution >= 4 is 5.91 Å². The third-order valence-corrected chi connectivity index (χ3v) is 17.7. The average molecular weight is 1260 g/mol. The molecule has 0 aromatic rings. The van der Waals surface area contributed by atoms with Gasteiger partial charge in [0.05, 0.1) is 32.0 Å². The van der Waals surface area contributed by atoms with Crippen molar-refractivity contribution in [2.75, 3.05) is 19.8 Å². The maximum Gasteiger partial charge on any atom is 0.220 e. The lowest BCUT2D eigenvalue weighted by atomic mass is 9.97. The molecule has 0 saturated carbocycles. The highest BCUT2D eigenvalue weighted by atomic mass is 16.7. The first-order chi connectivity index (χ1) is 43.6. The number of aliphatic hydroxyl groups is 8. The molecule has 0 spiro atoms. The Labute approximate surface area is 542 Å². The first-order valence-electron chi connectivity index (χ1n) is 36.7. The van der Waals surface area contributed by atoms with Crippen LogP contribution in [0, 0.1) is 0 Å². The second kappa shape index (κ2) is 59.2. The number of allylic oxidation sites excluding steroid dienone is 12. The molecule has 0 aromatic carbocycles. The Kier molecular flexibility index (Phi) is 54.9. The Balaban J connectivity index is 1.65. The number of ether oxygens (including phenoxy) is 4. The number of rotatable bonds is 60. The van der Waals surface area contributed by atoms with Crippen molar-refractivity contribution < 1.29 is 64.6 Å². The Morgan fingerprint density at radius 2 is 0.775 bits per heavy atom. The predicted octanol–water partition coefficient (Wildman–Crippen LogP) is 15.4. The molecular formula is C75H135NO13. The van der Waals surface area contributed by atoms with Crippen LogP contribution in [0.15, 0.2) is 72.9 Å². The first kappa shape index (κ1) is 82.5. The number of hydrogen-bond acceptors (Lipinski definition) is 13. The lowest BCUT2D eigenvalue weighted by molar-refractivity contribution is -0.359. The normalized spacial score (nSPS) is 23.4. The fourth-order valence-electron chi connectivity index (χ4n) is 11.9. The fraction of sp³-hybridized carbons (Fsp3) is 0.827. The van der Waals surface area contributed by atoms with E-state index in [-0.39, 0.29) is 12.5 Å². The molecule has 12 atom stereocenters. The molecule has 2 saturated heterocycles. The van der Waals surface area contributed by atoms with Gasteiger partial charge in [0.15, 0.2) is 12.6 Å². The van der Waals surface area contributed by atoms with Gasteiger partial charge < -0.3 is 65.1 Å². The zero-order valence-electron chi connectivity index (χ0n) is 56.4. The SMILES string of the molecule is CC/C=C\C/C=C\C/C=C\C/C=C\C/C=C\C/C=C\CCCCCCCCCCCCCCC(=O)NC(COC1OC(CO)C(OC2OC(CO)C(O)C(O)C2O)C(O)C1O)C(O)CCCCCCCCCCCCCCCCCCCCCCCCCC. The van der Waals surface area contributed by atoms with Gasteiger partial charge in [0.25, 0.3) is 0 Å². The summed E-state index contributed by atoms with van der Waals surface area (Å²) in [7, 11) is 0. The summed E-state index contributed by atoms with van der Waals surface area (Å²) >= 11 is 0. The van der Waals surface area contributed by atoms with E-state index < -0.39 is 86.8 Å². The molecule has 2 aliphatic heterocycles. The fourth-order valence-corrected chi connectivity index (χ4v) is 11.9. The molecular weight excluding hydrogens is 1120 g/mol. The summed E-state index contributed by atoms with van der Waals surface area (Å²) in [5, 5.41) is 87.7. The minimum atomic E-state index is -1.79. The topological polar surface area (TPSA) is 228 Å². The summed E-state index contributed by atoms with van der Waals surface area (Å²) in [6, 6.07) is -0.835. The van der Waals surface area contributed by atoms with Gasteiger partial charge in [-0.05, 0) is 64.2 Å². The third-order valence-electron chi connectivity index (χ3n) is 17.7. The summed E-state index contributed by atoms with van der Waals surface area (Å²) in [5.41, 5.74) is 0. The lowest BCUT2D eigenvalue weighted by Gasteiger charge is -2.46. The van der Waals surface area contributed by atoms with E-state index >= 15 is 0 Å². The molecule has 9 N–H and O–H groups in total. The van der Waals surface area contributed by atoms with Crippen LogP contribution in [-0.4, -0.2) is 140 Å². The zero-order valence-corrected chi connectivity index (χ0v) is 56.4. The maximum absolute atomic E-state index is 13.4. The van der Waals surface area contributed by atoms with Gasteiger partial charge in [0.2, 0.25) is 5.91 Å². The van der Waals surface area contributed by atoms with Crippen LogP contribution in [0.2, 0.25) is 0 Å². The van der Waals surface area contributed by atoms with Crippen molar-refractivity contribution in [3.63, 3.8) is 0 Å². The van der Waals surface area contributed by atoms with Gasteiger partial charge in [0.1, 0.15) is 48.8 Å². The van der Waals surface area contributed by atoms with E-state index in [1.807, 2.05) is 0 Å². The molecule has 2 aliphatic rings. The van der Waals surface area contributed by atoms with E-state index in [0.29, 0.717) is 12.8 Å². The van der Waals surface area contributed by atoms with Crippen LogP contribution in [0.3, 0.4) is 0 Å².